The van der Waals surface area contributed by atoms with Crippen molar-refractivity contribution in [1.29, 1.82) is 0 Å². The largest absolute Gasteiger partial charge is 0.342 e. The molecule has 3 aromatic rings. The molecule has 2 aromatic carbocycles. The summed E-state index contributed by atoms with van der Waals surface area (Å²) in [6.07, 6.45) is 3.97. The average Bonchev–Trinajstić information content (AvgIpc) is 3.11. The van der Waals surface area contributed by atoms with E-state index in [0.717, 1.165) is 48.1 Å². The number of hydrogen-bond acceptors (Lipinski definition) is 2. The number of rotatable bonds is 8. The van der Waals surface area contributed by atoms with Gasteiger partial charge < -0.3 is 10.3 Å². The first kappa shape index (κ1) is 18.2. The molecule has 2 unspecified atom stereocenters. The second kappa shape index (κ2) is 8.65. The standard InChI is InChI=1S/C22H27N3O/c1-3-5-11-16(4-2)22(26)25-20(17-12-7-6-8-13-17)21-23-18-14-9-10-15-19(18)24-21/h6-10,12-16,20H,3-5,11H2,1-2H3,(H,23,24)(H,25,26). The summed E-state index contributed by atoms with van der Waals surface area (Å²) in [5.74, 6) is 0.928. The van der Waals surface area contributed by atoms with Gasteiger partial charge in [0, 0.05) is 5.92 Å². The van der Waals surface area contributed by atoms with Gasteiger partial charge in [-0.25, -0.2) is 4.98 Å². The van der Waals surface area contributed by atoms with Gasteiger partial charge in [0.2, 0.25) is 5.91 Å². The maximum absolute atomic E-state index is 12.9. The summed E-state index contributed by atoms with van der Waals surface area (Å²) in [7, 11) is 0. The van der Waals surface area contributed by atoms with Gasteiger partial charge in [0.1, 0.15) is 11.9 Å². The molecule has 0 spiro atoms. The lowest BCUT2D eigenvalue weighted by molar-refractivity contribution is -0.125. The molecule has 0 saturated heterocycles. The number of benzene rings is 2. The van der Waals surface area contributed by atoms with Gasteiger partial charge in [0.25, 0.3) is 0 Å². The van der Waals surface area contributed by atoms with Crippen molar-refractivity contribution in [1.82, 2.24) is 15.3 Å². The Morgan fingerprint density at radius 3 is 2.50 bits per heavy atom. The number of amides is 1. The smallest absolute Gasteiger partial charge is 0.223 e. The van der Waals surface area contributed by atoms with Crippen LogP contribution >= 0.6 is 0 Å². The summed E-state index contributed by atoms with van der Waals surface area (Å²) >= 11 is 0. The fourth-order valence-electron chi connectivity index (χ4n) is 3.30. The minimum Gasteiger partial charge on any atom is -0.342 e. The lowest BCUT2D eigenvalue weighted by atomic mass is 9.97. The molecule has 0 fully saturated rings. The second-order valence-corrected chi connectivity index (χ2v) is 6.74. The Morgan fingerprint density at radius 2 is 1.81 bits per heavy atom. The monoisotopic (exact) mass is 349 g/mol. The van der Waals surface area contributed by atoms with Crippen LogP contribution < -0.4 is 5.32 Å². The van der Waals surface area contributed by atoms with E-state index < -0.39 is 0 Å². The van der Waals surface area contributed by atoms with Crippen molar-refractivity contribution in [2.75, 3.05) is 0 Å². The van der Waals surface area contributed by atoms with Gasteiger partial charge in [-0.1, -0.05) is 69.2 Å². The average molecular weight is 349 g/mol. The topological polar surface area (TPSA) is 57.8 Å². The molecule has 1 aromatic heterocycles. The number of carbonyl (C=O) groups excluding carboxylic acids is 1. The van der Waals surface area contributed by atoms with Crippen LogP contribution in [0.25, 0.3) is 11.0 Å². The zero-order valence-corrected chi connectivity index (χ0v) is 15.5. The molecular weight excluding hydrogens is 322 g/mol. The molecule has 2 atom stereocenters. The number of nitrogens with zero attached hydrogens (tertiary/aromatic N) is 1. The number of fused-ring (bicyclic) bond motifs is 1. The Kier molecular flexibility index (Phi) is 6.05. The van der Waals surface area contributed by atoms with Crippen LogP contribution in [0.5, 0.6) is 0 Å². The number of aromatic amines is 1. The van der Waals surface area contributed by atoms with E-state index in [9.17, 15) is 4.79 Å². The molecule has 0 aliphatic carbocycles. The van der Waals surface area contributed by atoms with Gasteiger partial charge in [-0.3, -0.25) is 4.79 Å². The molecule has 0 aliphatic heterocycles. The number of H-pyrrole nitrogens is 1. The highest BCUT2D eigenvalue weighted by Crippen LogP contribution is 2.24. The molecule has 1 amide bonds. The van der Waals surface area contributed by atoms with Crippen molar-refractivity contribution in [3.63, 3.8) is 0 Å². The van der Waals surface area contributed by atoms with E-state index in [1.54, 1.807) is 0 Å². The van der Waals surface area contributed by atoms with Crippen molar-refractivity contribution in [3.05, 3.63) is 66.0 Å². The molecule has 136 valence electrons. The van der Waals surface area contributed by atoms with E-state index in [2.05, 4.69) is 24.1 Å². The summed E-state index contributed by atoms with van der Waals surface area (Å²) in [5.41, 5.74) is 2.93. The van der Waals surface area contributed by atoms with Crippen LogP contribution in [-0.4, -0.2) is 15.9 Å². The SMILES string of the molecule is CCCCC(CC)C(=O)NC(c1ccccc1)c1nc2ccccc2[nH]1. The van der Waals surface area contributed by atoms with Crippen LogP contribution in [0.3, 0.4) is 0 Å². The van der Waals surface area contributed by atoms with Crippen LogP contribution in [0.4, 0.5) is 0 Å². The fourth-order valence-corrected chi connectivity index (χ4v) is 3.30. The van der Waals surface area contributed by atoms with Crippen LogP contribution in [0.2, 0.25) is 0 Å². The van der Waals surface area contributed by atoms with Crippen molar-refractivity contribution in [3.8, 4) is 0 Å². The van der Waals surface area contributed by atoms with Crippen LogP contribution in [-0.2, 0) is 4.79 Å². The predicted molar refractivity (Wildman–Crippen MR) is 106 cm³/mol. The molecule has 0 aliphatic rings. The summed E-state index contributed by atoms with van der Waals surface area (Å²) in [6.45, 7) is 4.24. The number of para-hydroxylation sites is 2. The first-order valence-corrected chi connectivity index (χ1v) is 9.52. The zero-order valence-electron chi connectivity index (χ0n) is 15.5. The van der Waals surface area contributed by atoms with E-state index in [1.807, 2.05) is 54.6 Å². The van der Waals surface area contributed by atoms with Crippen LogP contribution in [0.1, 0.15) is 57.0 Å². The molecule has 2 N–H and O–H groups in total. The Morgan fingerprint density at radius 1 is 1.08 bits per heavy atom. The van der Waals surface area contributed by atoms with Crippen LogP contribution in [0.15, 0.2) is 54.6 Å². The van der Waals surface area contributed by atoms with Crippen molar-refractivity contribution >= 4 is 16.9 Å². The lowest BCUT2D eigenvalue weighted by Gasteiger charge is -2.21. The third kappa shape index (κ3) is 4.13. The molecule has 0 radical (unpaired) electrons. The zero-order chi connectivity index (χ0) is 18.4. The highest BCUT2D eigenvalue weighted by atomic mass is 16.1. The minimum atomic E-state index is -0.272. The number of unbranched alkanes of at least 4 members (excludes halogenated alkanes) is 1. The number of carbonyl (C=O) groups is 1. The summed E-state index contributed by atoms with van der Waals surface area (Å²) in [6, 6.07) is 17.7. The predicted octanol–water partition coefficient (Wildman–Crippen LogP) is 4.98. The van der Waals surface area contributed by atoms with Gasteiger partial charge in [0.15, 0.2) is 0 Å². The molecule has 0 bridgehead atoms. The molecule has 1 heterocycles. The quantitative estimate of drug-likeness (QED) is 0.602. The van der Waals surface area contributed by atoms with E-state index in [0.29, 0.717) is 0 Å². The molecule has 4 heteroatoms. The van der Waals surface area contributed by atoms with Gasteiger partial charge in [-0.15, -0.1) is 0 Å². The van der Waals surface area contributed by atoms with Crippen molar-refractivity contribution in [2.24, 2.45) is 5.92 Å². The first-order chi connectivity index (χ1) is 12.7. The van der Waals surface area contributed by atoms with Crippen molar-refractivity contribution < 1.29 is 4.79 Å². The van der Waals surface area contributed by atoms with Gasteiger partial charge in [-0.05, 0) is 30.5 Å². The van der Waals surface area contributed by atoms with E-state index >= 15 is 0 Å². The fraction of sp³-hybridized carbons (Fsp3) is 0.364. The van der Waals surface area contributed by atoms with E-state index in [1.165, 1.54) is 0 Å². The molecule has 3 rings (SSSR count). The Bertz CT molecular complexity index is 808. The van der Waals surface area contributed by atoms with E-state index in [-0.39, 0.29) is 17.9 Å². The third-order valence-corrected chi connectivity index (χ3v) is 4.87. The van der Waals surface area contributed by atoms with E-state index in [4.69, 9.17) is 4.98 Å². The van der Waals surface area contributed by atoms with Gasteiger partial charge in [-0.2, -0.15) is 0 Å². The van der Waals surface area contributed by atoms with Crippen LogP contribution in [0, 0.1) is 5.92 Å². The summed E-state index contributed by atoms with van der Waals surface area (Å²) in [4.78, 5) is 21.0. The highest BCUT2D eigenvalue weighted by Gasteiger charge is 2.24. The van der Waals surface area contributed by atoms with Gasteiger partial charge in [0.05, 0.1) is 11.0 Å². The minimum absolute atomic E-state index is 0.0468. The number of nitrogens with one attached hydrogen (secondary N) is 2. The molecule has 26 heavy (non-hydrogen) atoms. The highest BCUT2D eigenvalue weighted by molar-refractivity contribution is 5.80. The number of aromatic nitrogens is 2. The molecular formula is C22H27N3O. The van der Waals surface area contributed by atoms with Crippen molar-refractivity contribution in [2.45, 2.75) is 45.6 Å². The lowest BCUT2D eigenvalue weighted by Crippen LogP contribution is -2.35. The summed E-state index contributed by atoms with van der Waals surface area (Å²) < 4.78 is 0. The molecule has 0 saturated carbocycles. The Hall–Kier alpha value is -2.62. The maximum Gasteiger partial charge on any atom is 0.223 e. The third-order valence-electron chi connectivity index (χ3n) is 4.87. The number of hydrogen-bond donors (Lipinski definition) is 2. The maximum atomic E-state index is 12.9. The molecule has 4 nitrogen and oxygen atoms in total. The Balaban J connectivity index is 1.90. The number of imidazole rings is 1. The second-order valence-electron chi connectivity index (χ2n) is 6.74. The Labute approximate surface area is 155 Å². The normalized spacial score (nSPS) is 13.5. The summed E-state index contributed by atoms with van der Waals surface area (Å²) in [5, 5.41) is 3.24. The van der Waals surface area contributed by atoms with Gasteiger partial charge >= 0.3 is 0 Å². The first-order valence-electron chi connectivity index (χ1n) is 9.52.